The monoisotopic (exact) mass is 249 g/mol. The predicted octanol–water partition coefficient (Wildman–Crippen LogP) is 2.44. The van der Waals surface area contributed by atoms with Crippen molar-refractivity contribution in [3.63, 3.8) is 0 Å². The van der Waals surface area contributed by atoms with Crippen LogP contribution in [0, 0.1) is 0 Å². The zero-order valence-corrected chi connectivity index (χ0v) is 10.8. The lowest BCUT2D eigenvalue weighted by Gasteiger charge is -2.17. The van der Waals surface area contributed by atoms with Crippen LogP contribution >= 0.6 is 0 Å². The molecule has 0 unspecified atom stereocenters. The Morgan fingerprint density at radius 3 is 2.83 bits per heavy atom. The average Bonchev–Trinajstić information content (AvgIpc) is 2.38. The molecule has 0 atom stereocenters. The van der Waals surface area contributed by atoms with E-state index in [4.69, 9.17) is 4.74 Å². The third-order valence-electron chi connectivity index (χ3n) is 2.68. The summed E-state index contributed by atoms with van der Waals surface area (Å²) < 4.78 is 4.97. The number of nitrogens with zero attached hydrogens (tertiary/aromatic N) is 1. The summed E-state index contributed by atoms with van der Waals surface area (Å²) in [5.74, 6) is 0.271. The van der Waals surface area contributed by atoms with Crippen LogP contribution in [0.4, 0.5) is 0 Å². The van der Waals surface area contributed by atoms with Gasteiger partial charge < -0.3 is 14.7 Å². The lowest BCUT2D eigenvalue weighted by Crippen LogP contribution is -2.27. The van der Waals surface area contributed by atoms with Crippen LogP contribution in [0.25, 0.3) is 0 Å². The summed E-state index contributed by atoms with van der Waals surface area (Å²) in [6.45, 7) is 4.27. The standard InChI is InChI=1S/C14H19NO3/c1-4-5-6-9-15(2)14(17)12-8-7-11(18-3)10-13(12)16/h4,7-8,10,16H,1,5-6,9H2,2-3H3. The van der Waals surface area contributed by atoms with Gasteiger partial charge in [0.05, 0.1) is 12.7 Å². The van der Waals surface area contributed by atoms with Gasteiger partial charge in [0.1, 0.15) is 11.5 Å². The molecule has 0 radical (unpaired) electrons. The second-order valence-electron chi connectivity index (χ2n) is 4.04. The minimum Gasteiger partial charge on any atom is -0.507 e. The molecule has 4 heteroatoms. The number of allylic oxidation sites excluding steroid dienone is 1. The van der Waals surface area contributed by atoms with E-state index in [-0.39, 0.29) is 17.2 Å². The molecule has 0 heterocycles. The first kappa shape index (κ1) is 14.1. The molecule has 0 fully saturated rings. The molecule has 0 aromatic heterocycles. The first-order valence-corrected chi connectivity index (χ1v) is 5.83. The van der Waals surface area contributed by atoms with Gasteiger partial charge >= 0.3 is 0 Å². The van der Waals surface area contributed by atoms with Crippen molar-refractivity contribution < 1.29 is 14.6 Å². The summed E-state index contributed by atoms with van der Waals surface area (Å²) in [5.41, 5.74) is 0.289. The summed E-state index contributed by atoms with van der Waals surface area (Å²) in [6.07, 6.45) is 3.55. The molecule has 1 aromatic carbocycles. The number of ether oxygens (including phenoxy) is 1. The third kappa shape index (κ3) is 3.52. The molecule has 0 saturated carbocycles. The van der Waals surface area contributed by atoms with Crippen LogP contribution in [0.15, 0.2) is 30.9 Å². The number of benzene rings is 1. The number of aromatic hydroxyl groups is 1. The fourth-order valence-electron chi connectivity index (χ4n) is 1.60. The molecule has 98 valence electrons. The van der Waals surface area contributed by atoms with Crippen molar-refractivity contribution >= 4 is 5.91 Å². The summed E-state index contributed by atoms with van der Waals surface area (Å²) >= 11 is 0. The fourth-order valence-corrected chi connectivity index (χ4v) is 1.60. The maximum atomic E-state index is 12.1. The Morgan fingerprint density at radius 1 is 1.56 bits per heavy atom. The highest BCUT2D eigenvalue weighted by atomic mass is 16.5. The molecule has 0 saturated heterocycles. The van der Waals surface area contributed by atoms with Crippen LogP contribution in [0.2, 0.25) is 0 Å². The molecule has 18 heavy (non-hydrogen) atoms. The van der Waals surface area contributed by atoms with Gasteiger partial charge in [-0.3, -0.25) is 4.79 Å². The number of rotatable bonds is 6. The van der Waals surface area contributed by atoms with Gasteiger partial charge in [-0.1, -0.05) is 6.08 Å². The Bertz CT molecular complexity index is 429. The highest BCUT2D eigenvalue weighted by molar-refractivity contribution is 5.96. The molecule has 0 aliphatic carbocycles. The van der Waals surface area contributed by atoms with Gasteiger partial charge in [-0.25, -0.2) is 0 Å². The average molecular weight is 249 g/mol. The molecular formula is C14H19NO3. The molecule has 1 aromatic rings. The number of unbranched alkanes of at least 4 members (excludes halogenated alkanes) is 1. The van der Waals surface area contributed by atoms with Gasteiger partial charge in [-0.2, -0.15) is 0 Å². The van der Waals surface area contributed by atoms with Crippen molar-refractivity contribution in [2.24, 2.45) is 0 Å². The van der Waals surface area contributed by atoms with E-state index >= 15 is 0 Å². The van der Waals surface area contributed by atoms with Gasteiger partial charge in [0.2, 0.25) is 0 Å². The van der Waals surface area contributed by atoms with Gasteiger partial charge in [0.25, 0.3) is 5.91 Å². The normalized spacial score (nSPS) is 9.89. The van der Waals surface area contributed by atoms with E-state index in [1.54, 1.807) is 24.1 Å². The number of phenols is 1. The number of hydrogen-bond donors (Lipinski definition) is 1. The van der Waals surface area contributed by atoms with Crippen LogP contribution in [0.5, 0.6) is 11.5 Å². The lowest BCUT2D eigenvalue weighted by atomic mass is 10.1. The number of methoxy groups -OCH3 is 1. The molecule has 0 bridgehead atoms. The predicted molar refractivity (Wildman–Crippen MR) is 71.1 cm³/mol. The number of hydrogen-bond acceptors (Lipinski definition) is 3. The van der Waals surface area contributed by atoms with Gasteiger partial charge in [0.15, 0.2) is 0 Å². The second kappa shape index (κ2) is 6.69. The van der Waals surface area contributed by atoms with Crippen LogP contribution < -0.4 is 4.74 Å². The molecular weight excluding hydrogens is 230 g/mol. The van der Waals surface area contributed by atoms with Crippen LogP contribution in [-0.2, 0) is 0 Å². The zero-order valence-electron chi connectivity index (χ0n) is 10.8. The summed E-state index contributed by atoms with van der Waals surface area (Å²) in [4.78, 5) is 13.6. The van der Waals surface area contributed by atoms with E-state index in [1.165, 1.54) is 13.2 Å². The Hall–Kier alpha value is -1.97. The fraction of sp³-hybridized carbons (Fsp3) is 0.357. The first-order chi connectivity index (χ1) is 8.60. The van der Waals surface area contributed by atoms with Gasteiger partial charge in [-0.05, 0) is 25.0 Å². The lowest BCUT2D eigenvalue weighted by molar-refractivity contribution is 0.0791. The quantitative estimate of drug-likeness (QED) is 0.622. The summed E-state index contributed by atoms with van der Waals surface area (Å²) in [7, 11) is 3.23. The molecule has 0 aliphatic heterocycles. The molecule has 0 spiro atoms. The van der Waals surface area contributed by atoms with Crippen molar-refractivity contribution in [3.05, 3.63) is 36.4 Å². The number of amides is 1. The van der Waals surface area contributed by atoms with Gasteiger partial charge in [0, 0.05) is 19.7 Å². The molecule has 0 aliphatic rings. The zero-order chi connectivity index (χ0) is 13.5. The summed E-state index contributed by atoms with van der Waals surface area (Å²) in [6, 6.07) is 4.66. The van der Waals surface area contributed by atoms with Crippen molar-refractivity contribution in [1.82, 2.24) is 4.90 Å². The highest BCUT2D eigenvalue weighted by Crippen LogP contribution is 2.24. The van der Waals surface area contributed by atoms with E-state index in [0.717, 1.165) is 12.8 Å². The van der Waals surface area contributed by atoms with E-state index in [9.17, 15) is 9.90 Å². The van der Waals surface area contributed by atoms with Crippen LogP contribution in [0.3, 0.4) is 0 Å². The van der Waals surface area contributed by atoms with Crippen molar-refractivity contribution in [1.29, 1.82) is 0 Å². The van der Waals surface area contributed by atoms with Crippen molar-refractivity contribution in [3.8, 4) is 11.5 Å². The van der Waals surface area contributed by atoms with Crippen LogP contribution in [0.1, 0.15) is 23.2 Å². The first-order valence-electron chi connectivity index (χ1n) is 5.83. The smallest absolute Gasteiger partial charge is 0.257 e. The van der Waals surface area contributed by atoms with E-state index < -0.39 is 0 Å². The Labute approximate surface area is 107 Å². The minimum absolute atomic E-state index is 0.0603. The van der Waals surface area contributed by atoms with Gasteiger partial charge in [-0.15, -0.1) is 6.58 Å². The largest absolute Gasteiger partial charge is 0.507 e. The van der Waals surface area contributed by atoms with Crippen molar-refractivity contribution in [2.75, 3.05) is 20.7 Å². The van der Waals surface area contributed by atoms with E-state index in [0.29, 0.717) is 12.3 Å². The molecule has 4 nitrogen and oxygen atoms in total. The molecule has 1 amide bonds. The van der Waals surface area contributed by atoms with Crippen molar-refractivity contribution in [2.45, 2.75) is 12.8 Å². The molecule has 1 rings (SSSR count). The van der Waals surface area contributed by atoms with E-state index in [1.807, 2.05) is 6.08 Å². The maximum absolute atomic E-state index is 12.1. The van der Waals surface area contributed by atoms with E-state index in [2.05, 4.69) is 6.58 Å². The number of phenolic OH excluding ortho intramolecular Hbond substituents is 1. The second-order valence-corrected chi connectivity index (χ2v) is 4.04. The summed E-state index contributed by atoms with van der Waals surface area (Å²) in [5, 5.41) is 9.77. The Morgan fingerprint density at radius 2 is 2.28 bits per heavy atom. The minimum atomic E-state index is -0.195. The molecule has 1 N–H and O–H groups in total. The Kier molecular flexibility index (Phi) is 5.24. The SMILES string of the molecule is C=CCCCN(C)C(=O)c1ccc(OC)cc1O. The number of carbonyl (C=O) groups is 1. The highest BCUT2D eigenvalue weighted by Gasteiger charge is 2.15. The topological polar surface area (TPSA) is 49.8 Å². The number of carbonyl (C=O) groups excluding carboxylic acids is 1. The Balaban J connectivity index is 2.74. The maximum Gasteiger partial charge on any atom is 0.257 e. The third-order valence-corrected chi connectivity index (χ3v) is 2.68. The van der Waals surface area contributed by atoms with Crippen LogP contribution in [-0.4, -0.2) is 36.6 Å².